The molecular formula is C21H12F6N2O. The van der Waals surface area contributed by atoms with Crippen LogP contribution in [0.5, 0.6) is 5.75 Å². The maximum Gasteiger partial charge on any atom is 0.417 e. The van der Waals surface area contributed by atoms with E-state index in [1.165, 1.54) is 37.4 Å². The molecule has 9 heteroatoms. The molecule has 0 atom stereocenters. The number of hydrogen-bond donors (Lipinski definition) is 0. The lowest BCUT2D eigenvalue weighted by Crippen LogP contribution is -2.11. The monoisotopic (exact) mass is 422 g/mol. The van der Waals surface area contributed by atoms with Crippen molar-refractivity contribution >= 4 is 0 Å². The quantitative estimate of drug-likeness (QED) is 0.463. The van der Waals surface area contributed by atoms with Crippen LogP contribution in [0.15, 0.2) is 54.6 Å². The van der Waals surface area contributed by atoms with Gasteiger partial charge in [0.2, 0.25) is 0 Å². The summed E-state index contributed by atoms with van der Waals surface area (Å²) in [6, 6.07) is 11.7. The summed E-state index contributed by atoms with van der Waals surface area (Å²) >= 11 is 0. The van der Waals surface area contributed by atoms with Gasteiger partial charge in [0.15, 0.2) is 0 Å². The summed E-state index contributed by atoms with van der Waals surface area (Å²) in [6.07, 6.45) is -9.47. The van der Waals surface area contributed by atoms with Crippen molar-refractivity contribution in [3.05, 3.63) is 71.3 Å². The van der Waals surface area contributed by atoms with Crippen molar-refractivity contribution < 1.29 is 31.1 Å². The largest absolute Gasteiger partial charge is 0.497 e. The van der Waals surface area contributed by atoms with E-state index in [1.54, 1.807) is 0 Å². The van der Waals surface area contributed by atoms with Crippen LogP contribution in [0.2, 0.25) is 0 Å². The molecular weight excluding hydrogens is 410 g/mol. The van der Waals surface area contributed by atoms with Crippen LogP contribution in [0.3, 0.4) is 0 Å². The van der Waals surface area contributed by atoms with Crippen molar-refractivity contribution in [2.75, 3.05) is 7.11 Å². The second-order valence-corrected chi connectivity index (χ2v) is 6.19. The van der Waals surface area contributed by atoms with Crippen LogP contribution in [-0.4, -0.2) is 12.1 Å². The Kier molecular flexibility index (Phi) is 5.44. The topological polar surface area (TPSA) is 45.9 Å². The molecule has 0 fully saturated rings. The van der Waals surface area contributed by atoms with Crippen LogP contribution in [0, 0.1) is 11.3 Å². The lowest BCUT2D eigenvalue weighted by atomic mass is 9.97. The molecule has 0 saturated carbocycles. The fourth-order valence-electron chi connectivity index (χ4n) is 2.82. The van der Waals surface area contributed by atoms with Crippen LogP contribution in [-0.2, 0) is 12.4 Å². The van der Waals surface area contributed by atoms with E-state index < -0.39 is 29.0 Å². The predicted molar refractivity (Wildman–Crippen MR) is 96.4 cm³/mol. The van der Waals surface area contributed by atoms with E-state index in [0.29, 0.717) is 11.3 Å². The highest BCUT2D eigenvalue weighted by Gasteiger charge is 2.36. The molecule has 1 aromatic heterocycles. The molecule has 3 nitrogen and oxygen atoms in total. The molecule has 30 heavy (non-hydrogen) atoms. The predicted octanol–water partition coefficient (Wildman–Crippen LogP) is 6.33. The lowest BCUT2D eigenvalue weighted by Gasteiger charge is -2.15. The molecule has 0 unspecified atom stereocenters. The van der Waals surface area contributed by atoms with Gasteiger partial charge in [-0.2, -0.15) is 31.6 Å². The molecule has 3 aromatic rings. The lowest BCUT2D eigenvalue weighted by molar-refractivity contribution is -0.138. The Morgan fingerprint density at radius 3 is 1.87 bits per heavy atom. The number of halogens is 6. The number of ether oxygens (including phenoxy) is 1. The molecule has 1 heterocycles. The zero-order chi connectivity index (χ0) is 22.1. The van der Waals surface area contributed by atoms with Gasteiger partial charge in [-0.25, -0.2) is 4.98 Å². The maximum absolute atomic E-state index is 13.6. The zero-order valence-electron chi connectivity index (χ0n) is 15.3. The van der Waals surface area contributed by atoms with E-state index in [0.717, 1.165) is 30.3 Å². The first kappa shape index (κ1) is 21.2. The molecule has 0 amide bonds. The number of nitrogens with zero attached hydrogens (tertiary/aromatic N) is 2. The molecule has 0 N–H and O–H groups in total. The van der Waals surface area contributed by atoms with E-state index in [9.17, 15) is 31.6 Å². The van der Waals surface area contributed by atoms with Crippen molar-refractivity contribution in [3.63, 3.8) is 0 Å². The molecule has 2 aromatic carbocycles. The Morgan fingerprint density at radius 2 is 1.40 bits per heavy atom. The van der Waals surface area contributed by atoms with Gasteiger partial charge in [-0.15, -0.1) is 0 Å². The highest BCUT2D eigenvalue weighted by Crippen LogP contribution is 2.39. The van der Waals surface area contributed by atoms with Crippen LogP contribution in [0.1, 0.15) is 16.7 Å². The average molecular weight is 422 g/mol. The third-order valence-electron chi connectivity index (χ3n) is 4.31. The molecule has 0 aliphatic heterocycles. The smallest absolute Gasteiger partial charge is 0.417 e. The van der Waals surface area contributed by atoms with Crippen LogP contribution in [0.25, 0.3) is 22.5 Å². The third kappa shape index (κ3) is 4.22. The molecule has 154 valence electrons. The van der Waals surface area contributed by atoms with Gasteiger partial charge in [0, 0.05) is 11.1 Å². The molecule has 0 saturated heterocycles. The van der Waals surface area contributed by atoms with Crippen molar-refractivity contribution in [1.82, 2.24) is 4.98 Å². The number of pyridine rings is 1. The number of hydrogen-bond acceptors (Lipinski definition) is 3. The molecule has 3 rings (SSSR count). The van der Waals surface area contributed by atoms with Gasteiger partial charge < -0.3 is 4.74 Å². The number of rotatable bonds is 3. The molecule has 0 bridgehead atoms. The second kappa shape index (κ2) is 7.71. The highest BCUT2D eigenvalue weighted by molar-refractivity contribution is 5.74. The minimum Gasteiger partial charge on any atom is -0.497 e. The summed E-state index contributed by atoms with van der Waals surface area (Å²) in [5.41, 5.74) is -3.11. The third-order valence-corrected chi connectivity index (χ3v) is 4.31. The summed E-state index contributed by atoms with van der Waals surface area (Å²) in [4.78, 5) is 4.16. The Morgan fingerprint density at radius 1 is 0.833 bits per heavy atom. The zero-order valence-corrected chi connectivity index (χ0v) is 15.3. The van der Waals surface area contributed by atoms with Gasteiger partial charge in [0.05, 0.1) is 35.2 Å². The first-order valence-corrected chi connectivity index (χ1v) is 8.39. The maximum atomic E-state index is 13.6. The second-order valence-electron chi connectivity index (χ2n) is 6.19. The fraction of sp³-hybridized carbons (Fsp3) is 0.143. The Balaban J connectivity index is 2.23. The molecule has 0 aliphatic rings. The minimum absolute atomic E-state index is 0.0413. The summed E-state index contributed by atoms with van der Waals surface area (Å²) in [5, 5.41) is 9.35. The number of benzene rings is 2. The molecule has 0 aliphatic carbocycles. The first-order valence-electron chi connectivity index (χ1n) is 8.39. The Labute approximate surface area is 167 Å². The number of aromatic nitrogens is 1. The van der Waals surface area contributed by atoms with Crippen LogP contribution in [0.4, 0.5) is 26.3 Å². The normalized spacial score (nSPS) is 11.8. The summed E-state index contributed by atoms with van der Waals surface area (Å²) in [7, 11) is 1.43. The first-order chi connectivity index (χ1) is 14.0. The molecule has 0 spiro atoms. The average Bonchev–Trinajstić information content (AvgIpc) is 2.71. The van der Waals surface area contributed by atoms with Gasteiger partial charge in [-0.1, -0.05) is 12.1 Å². The summed E-state index contributed by atoms with van der Waals surface area (Å²) in [6.45, 7) is 0. The van der Waals surface area contributed by atoms with E-state index in [-0.39, 0.29) is 17.0 Å². The van der Waals surface area contributed by atoms with Gasteiger partial charge in [-0.3, -0.25) is 0 Å². The van der Waals surface area contributed by atoms with Crippen LogP contribution < -0.4 is 4.74 Å². The van der Waals surface area contributed by atoms with Gasteiger partial charge in [0.25, 0.3) is 0 Å². The standard InChI is InChI=1S/C21H12F6N2O/c1-30-15-8-4-12(5-9-15)18-10-17(21(25,26)27)16(11-28)19(29-18)13-2-6-14(7-3-13)20(22,23)24/h2-10H,1H3. The molecule has 0 radical (unpaired) electrons. The Hall–Kier alpha value is -3.54. The van der Waals surface area contributed by atoms with Crippen molar-refractivity contribution in [2.24, 2.45) is 0 Å². The number of alkyl halides is 6. The van der Waals surface area contributed by atoms with Crippen LogP contribution >= 0.6 is 0 Å². The van der Waals surface area contributed by atoms with E-state index in [4.69, 9.17) is 4.74 Å². The Bertz CT molecular complexity index is 1100. The van der Waals surface area contributed by atoms with Gasteiger partial charge >= 0.3 is 12.4 Å². The fourth-order valence-corrected chi connectivity index (χ4v) is 2.82. The highest BCUT2D eigenvalue weighted by atomic mass is 19.4. The minimum atomic E-state index is -4.87. The van der Waals surface area contributed by atoms with E-state index >= 15 is 0 Å². The van der Waals surface area contributed by atoms with Crippen molar-refractivity contribution in [3.8, 4) is 34.3 Å². The van der Waals surface area contributed by atoms with Gasteiger partial charge in [-0.05, 0) is 42.5 Å². The summed E-state index contributed by atoms with van der Waals surface area (Å²) < 4.78 is 84.3. The number of methoxy groups -OCH3 is 1. The number of nitriles is 1. The van der Waals surface area contributed by atoms with Gasteiger partial charge in [0.1, 0.15) is 11.8 Å². The van der Waals surface area contributed by atoms with E-state index in [2.05, 4.69) is 4.98 Å². The van der Waals surface area contributed by atoms with E-state index in [1.807, 2.05) is 0 Å². The van der Waals surface area contributed by atoms with Crippen molar-refractivity contribution in [2.45, 2.75) is 12.4 Å². The summed E-state index contributed by atoms with van der Waals surface area (Å²) in [5.74, 6) is 0.478. The van der Waals surface area contributed by atoms with Crippen molar-refractivity contribution in [1.29, 1.82) is 5.26 Å². The SMILES string of the molecule is COc1ccc(-c2cc(C(F)(F)F)c(C#N)c(-c3ccc(C(F)(F)F)cc3)n2)cc1.